The van der Waals surface area contributed by atoms with Crippen LogP contribution in [0.5, 0.6) is 0 Å². The molecule has 1 aliphatic carbocycles. The largest absolute Gasteiger partial charge is 0.480 e. The highest BCUT2D eigenvalue weighted by molar-refractivity contribution is 5.83. The maximum atomic E-state index is 11.9. The summed E-state index contributed by atoms with van der Waals surface area (Å²) >= 11 is 0. The van der Waals surface area contributed by atoms with Crippen LogP contribution in [0.2, 0.25) is 0 Å². The Morgan fingerprint density at radius 1 is 1.33 bits per heavy atom. The lowest BCUT2D eigenvalue weighted by Crippen LogP contribution is -2.54. The number of nitrogens with one attached hydrogen (secondary N) is 1. The minimum Gasteiger partial charge on any atom is -0.480 e. The quantitative estimate of drug-likeness (QED) is 0.627. The summed E-state index contributed by atoms with van der Waals surface area (Å²) in [4.78, 5) is 24.1. The lowest BCUT2D eigenvalue weighted by Gasteiger charge is -2.36. The number of hydrogen-bond acceptors (Lipinski definition) is 4. The second-order valence-electron chi connectivity index (χ2n) is 4.87. The predicted molar refractivity (Wildman–Crippen MR) is 61.1 cm³/mol. The Morgan fingerprint density at radius 2 is 2.00 bits per heavy atom. The second kappa shape index (κ2) is 5.11. The molecule has 0 bridgehead atoms. The molecule has 0 aromatic carbocycles. The lowest BCUT2D eigenvalue weighted by molar-refractivity contribution is -0.141. The molecule has 0 aromatic heterocycles. The van der Waals surface area contributed by atoms with Crippen LogP contribution in [0.4, 0.5) is 4.79 Å². The number of β-amino-alcohol motifs (C(OH)–C–C–N with tert-alkyl or cyclic N) is 1. The first kappa shape index (κ1) is 13.1. The number of ether oxygens (including phenoxy) is 1. The summed E-state index contributed by atoms with van der Waals surface area (Å²) in [6.07, 6.45) is 1.00. The predicted octanol–water partition coefficient (Wildman–Crippen LogP) is -0.607. The van der Waals surface area contributed by atoms with E-state index in [4.69, 9.17) is 9.84 Å². The van der Waals surface area contributed by atoms with E-state index in [0.29, 0.717) is 0 Å². The molecule has 0 aromatic rings. The van der Waals surface area contributed by atoms with Gasteiger partial charge in [0, 0.05) is 26.1 Å². The Kier molecular flexibility index (Phi) is 3.72. The number of carbonyl (C=O) groups excluding carboxylic acids is 1. The summed E-state index contributed by atoms with van der Waals surface area (Å²) in [6, 6.07) is -1.31. The van der Waals surface area contributed by atoms with Gasteiger partial charge in [-0.15, -0.1) is 0 Å². The molecule has 3 N–H and O–H groups in total. The van der Waals surface area contributed by atoms with E-state index in [-0.39, 0.29) is 25.1 Å². The number of urea groups is 1. The number of aliphatic hydroxyl groups excluding tert-OH is 1. The first-order valence-corrected chi connectivity index (χ1v) is 6.02. The van der Waals surface area contributed by atoms with Gasteiger partial charge in [-0.25, -0.2) is 9.59 Å². The number of carboxylic acid groups (broad SMARTS) is 1. The standard InChI is InChI=1S/C11H18N2O5/c1-18-8-2-6(3-8)12-11(17)13-5-7(14)4-9(13)10(15)16/h6-9,14H,2-5H2,1H3,(H,12,17)(H,15,16)/t6?,7-,8?,9-/m0/s1. The molecule has 2 rings (SSSR count). The van der Waals surface area contributed by atoms with Crippen molar-refractivity contribution in [1.29, 1.82) is 0 Å². The molecule has 0 spiro atoms. The lowest BCUT2D eigenvalue weighted by atomic mass is 9.89. The van der Waals surface area contributed by atoms with Gasteiger partial charge in [0.15, 0.2) is 0 Å². The Labute approximate surface area is 105 Å². The number of nitrogens with zero attached hydrogens (tertiary/aromatic N) is 1. The van der Waals surface area contributed by atoms with E-state index in [1.165, 1.54) is 4.90 Å². The van der Waals surface area contributed by atoms with E-state index in [1.807, 2.05) is 0 Å². The first-order chi connectivity index (χ1) is 8.51. The third kappa shape index (κ3) is 2.56. The van der Waals surface area contributed by atoms with E-state index < -0.39 is 24.1 Å². The van der Waals surface area contributed by atoms with Gasteiger partial charge in [0.25, 0.3) is 0 Å². The minimum absolute atomic E-state index is 0.0367. The zero-order valence-corrected chi connectivity index (χ0v) is 10.2. The summed E-state index contributed by atoms with van der Waals surface area (Å²) < 4.78 is 5.10. The van der Waals surface area contributed by atoms with Crippen molar-refractivity contribution in [2.24, 2.45) is 0 Å². The van der Waals surface area contributed by atoms with Gasteiger partial charge in [0.2, 0.25) is 0 Å². The van der Waals surface area contributed by atoms with Gasteiger partial charge in [0.05, 0.1) is 12.2 Å². The van der Waals surface area contributed by atoms with Gasteiger partial charge in [-0.05, 0) is 12.8 Å². The fraction of sp³-hybridized carbons (Fsp3) is 0.818. The molecule has 1 heterocycles. The second-order valence-corrected chi connectivity index (χ2v) is 4.87. The monoisotopic (exact) mass is 258 g/mol. The molecule has 1 saturated heterocycles. The molecule has 2 atom stereocenters. The summed E-state index contributed by atoms with van der Waals surface area (Å²) in [5, 5.41) is 21.2. The van der Waals surface area contributed by atoms with Crippen LogP contribution in [0.15, 0.2) is 0 Å². The van der Waals surface area contributed by atoms with Crippen molar-refractivity contribution in [2.45, 2.75) is 43.6 Å². The fourth-order valence-corrected chi connectivity index (χ4v) is 2.41. The molecule has 2 amide bonds. The van der Waals surface area contributed by atoms with Crippen molar-refractivity contribution >= 4 is 12.0 Å². The SMILES string of the molecule is COC1CC(NC(=O)N2C[C@@H](O)C[C@H]2C(=O)O)C1. The molecule has 1 aliphatic heterocycles. The van der Waals surface area contributed by atoms with Gasteiger partial charge in [-0.1, -0.05) is 0 Å². The third-order valence-corrected chi connectivity index (χ3v) is 3.58. The van der Waals surface area contributed by atoms with Crippen molar-refractivity contribution in [3.8, 4) is 0 Å². The summed E-state index contributed by atoms with van der Waals surface area (Å²) in [5.74, 6) is -1.08. The minimum atomic E-state index is -1.08. The van der Waals surface area contributed by atoms with Crippen LogP contribution in [0.25, 0.3) is 0 Å². The van der Waals surface area contributed by atoms with E-state index in [2.05, 4.69) is 5.32 Å². The Morgan fingerprint density at radius 3 is 2.56 bits per heavy atom. The molecule has 7 nitrogen and oxygen atoms in total. The van der Waals surface area contributed by atoms with Gasteiger partial charge < -0.3 is 25.2 Å². The number of carbonyl (C=O) groups is 2. The molecule has 0 radical (unpaired) electrons. The smallest absolute Gasteiger partial charge is 0.326 e. The molecule has 0 unspecified atom stereocenters. The number of aliphatic hydroxyl groups is 1. The Bertz CT molecular complexity index is 342. The zero-order valence-electron chi connectivity index (χ0n) is 10.2. The summed E-state index contributed by atoms with van der Waals surface area (Å²) in [6.45, 7) is 0.0726. The number of amides is 2. The highest BCUT2D eigenvalue weighted by atomic mass is 16.5. The highest BCUT2D eigenvalue weighted by Crippen LogP contribution is 2.24. The van der Waals surface area contributed by atoms with E-state index in [9.17, 15) is 14.7 Å². The average molecular weight is 258 g/mol. The number of aliphatic carboxylic acids is 1. The van der Waals surface area contributed by atoms with Crippen LogP contribution in [-0.4, -0.2) is 65.1 Å². The number of likely N-dealkylation sites (tertiary alicyclic amines) is 1. The van der Waals surface area contributed by atoms with E-state index in [0.717, 1.165) is 12.8 Å². The van der Waals surface area contributed by atoms with Crippen LogP contribution in [0, 0.1) is 0 Å². The van der Waals surface area contributed by atoms with Crippen LogP contribution in [0.1, 0.15) is 19.3 Å². The topological polar surface area (TPSA) is 99.1 Å². The van der Waals surface area contributed by atoms with Gasteiger partial charge in [-0.2, -0.15) is 0 Å². The van der Waals surface area contributed by atoms with Crippen molar-refractivity contribution in [1.82, 2.24) is 10.2 Å². The van der Waals surface area contributed by atoms with Crippen molar-refractivity contribution in [2.75, 3.05) is 13.7 Å². The van der Waals surface area contributed by atoms with Crippen LogP contribution < -0.4 is 5.32 Å². The van der Waals surface area contributed by atoms with Gasteiger partial charge >= 0.3 is 12.0 Å². The first-order valence-electron chi connectivity index (χ1n) is 6.02. The van der Waals surface area contributed by atoms with Crippen LogP contribution in [0.3, 0.4) is 0 Å². The third-order valence-electron chi connectivity index (χ3n) is 3.58. The molecule has 18 heavy (non-hydrogen) atoms. The van der Waals surface area contributed by atoms with Crippen molar-refractivity contribution < 1.29 is 24.5 Å². The van der Waals surface area contributed by atoms with Crippen molar-refractivity contribution in [3.05, 3.63) is 0 Å². The summed E-state index contributed by atoms with van der Waals surface area (Å²) in [5.41, 5.74) is 0. The van der Waals surface area contributed by atoms with Gasteiger partial charge in [-0.3, -0.25) is 0 Å². The molecular formula is C11H18N2O5. The number of rotatable bonds is 3. The van der Waals surface area contributed by atoms with Crippen LogP contribution in [-0.2, 0) is 9.53 Å². The zero-order chi connectivity index (χ0) is 13.3. The van der Waals surface area contributed by atoms with E-state index in [1.54, 1.807) is 7.11 Å². The molecular weight excluding hydrogens is 240 g/mol. The fourth-order valence-electron chi connectivity index (χ4n) is 2.41. The van der Waals surface area contributed by atoms with Gasteiger partial charge in [0.1, 0.15) is 6.04 Å². The summed E-state index contributed by atoms with van der Waals surface area (Å²) in [7, 11) is 1.62. The highest BCUT2D eigenvalue weighted by Gasteiger charge is 2.40. The maximum absolute atomic E-state index is 11.9. The molecule has 2 aliphatic rings. The average Bonchev–Trinajstić information content (AvgIpc) is 2.65. The number of methoxy groups -OCH3 is 1. The molecule has 2 fully saturated rings. The Balaban J connectivity index is 1.86. The number of carboxylic acids is 1. The van der Waals surface area contributed by atoms with Crippen LogP contribution >= 0.6 is 0 Å². The Hall–Kier alpha value is -1.34. The van der Waals surface area contributed by atoms with Crippen molar-refractivity contribution in [3.63, 3.8) is 0 Å². The molecule has 1 saturated carbocycles. The number of hydrogen-bond donors (Lipinski definition) is 3. The molecule has 102 valence electrons. The maximum Gasteiger partial charge on any atom is 0.326 e. The van der Waals surface area contributed by atoms with E-state index >= 15 is 0 Å². The molecule has 7 heteroatoms. The normalized spacial score (nSPS) is 35.1.